The van der Waals surface area contributed by atoms with Gasteiger partial charge in [0.2, 0.25) is 0 Å². The van der Waals surface area contributed by atoms with Crippen molar-refractivity contribution < 1.29 is 13.2 Å². The molecule has 0 spiro atoms. The third-order valence-electron chi connectivity index (χ3n) is 2.11. The minimum atomic E-state index is -4.39. The van der Waals surface area contributed by atoms with Gasteiger partial charge in [0.1, 0.15) is 5.52 Å². The number of hydrogen-bond donors (Lipinski definition) is 0. The summed E-state index contributed by atoms with van der Waals surface area (Å²) < 4.78 is 38.8. The number of nitrogens with zero attached hydrogens (tertiary/aromatic N) is 2. The lowest BCUT2D eigenvalue weighted by Crippen LogP contribution is -2.05. The molecule has 0 fully saturated rings. The van der Waals surface area contributed by atoms with Gasteiger partial charge in [-0.25, -0.2) is 4.98 Å². The van der Waals surface area contributed by atoms with Crippen molar-refractivity contribution in [3.8, 4) is 0 Å². The van der Waals surface area contributed by atoms with Crippen molar-refractivity contribution >= 4 is 22.6 Å². The molecule has 0 amide bonds. The molecule has 0 aliphatic heterocycles. The Morgan fingerprint density at radius 1 is 1.33 bits per heavy atom. The van der Waals surface area contributed by atoms with Crippen LogP contribution in [0.3, 0.4) is 0 Å². The first kappa shape index (κ1) is 10.3. The van der Waals surface area contributed by atoms with Crippen molar-refractivity contribution in [1.29, 1.82) is 0 Å². The Kier molecular flexibility index (Phi) is 2.15. The Balaban J connectivity index is 2.76. The summed E-state index contributed by atoms with van der Waals surface area (Å²) in [6, 6.07) is 1.92. The molecule has 80 valence electrons. The number of rotatable bonds is 0. The van der Waals surface area contributed by atoms with E-state index in [9.17, 15) is 13.2 Å². The lowest BCUT2D eigenvalue weighted by atomic mass is 10.2. The normalized spacial score (nSPS) is 12.3. The number of hydrogen-bond acceptors (Lipinski definition) is 1. The highest BCUT2D eigenvalue weighted by Gasteiger charge is 2.31. The summed E-state index contributed by atoms with van der Waals surface area (Å²) in [5.74, 6) is 0. The summed E-state index contributed by atoms with van der Waals surface area (Å²) in [7, 11) is 1.62. The van der Waals surface area contributed by atoms with Gasteiger partial charge in [-0.3, -0.25) is 0 Å². The Morgan fingerprint density at radius 2 is 2.00 bits per heavy atom. The maximum absolute atomic E-state index is 12.4. The number of aromatic nitrogens is 2. The summed E-state index contributed by atoms with van der Waals surface area (Å²) in [5, 5.41) is 0.0143. The summed E-state index contributed by atoms with van der Waals surface area (Å²) in [6.07, 6.45) is -2.96. The van der Waals surface area contributed by atoms with Crippen LogP contribution in [0.2, 0.25) is 5.02 Å². The standard InChI is InChI=1S/C9H6ClF3N2/c1-15-4-14-8-6(10)2-5(3-7(8)15)9(11,12)13/h2-4H,1H3. The molecule has 1 heterocycles. The zero-order chi connectivity index (χ0) is 11.2. The lowest BCUT2D eigenvalue weighted by molar-refractivity contribution is -0.137. The third kappa shape index (κ3) is 1.67. The molecule has 0 atom stereocenters. The van der Waals surface area contributed by atoms with Gasteiger partial charge >= 0.3 is 6.18 Å². The van der Waals surface area contributed by atoms with E-state index in [4.69, 9.17) is 11.6 Å². The first-order valence-corrected chi connectivity index (χ1v) is 4.45. The molecule has 0 radical (unpaired) electrons. The van der Waals surface area contributed by atoms with Crippen LogP contribution in [0, 0.1) is 0 Å². The molecule has 0 unspecified atom stereocenters. The molecule has 2 rings (SSSR count). The number of benzene rings is 1. The molecule has 1 aromatic carbocycles. The molecule has 0 aliphatic carbocycles. The van der Waals surface area contributed by atoms with Gasteiger partial charge in [-0.15, -0.1) is 0 Å². The number of fused-ring (bicyclic) bond motifs is 1. The summed E-state index contributed by atoms with van der Waals surface area (Å²) in [4.78, 5) is 3.90. The molecule has 0 aliphatic rings. The molecule has 0 bridgehead atoms. The highest BCUT2D eigenvalue weighted by Crippen LogP contribution is 2.34. The van der Waals surface area contributed by atoms with Crippen molar-refractivity contribution in [2.45, 2.75) is 6.18 Å². The van der Waals surface area contributed by atoms with Gasteiger partial charge in [0.25, 0.3) is 0 Å². The van der Waals surface area contributed by atoms with Crippen LogP contribution >= 0.6 is 11.6 Å². The molecule has 0 saturated heterocycles. The smallest absolute Gasteiger partial charge is 0.334 e. The predicted molar refractivity (Wildman–Crippen MR) is 50.7 cm³/mol. The number of halogens is 4. The first-order chi connectivity index (χ1) is 6.89. The predicted octanol–water partition coefficient (Wildman–Crippen LogP) is 3.25. The minimum absolute atomic E-state index is 0.0143. The van der Waals surface area contributed by atoms with Gasteiger partial charge in [0.05, 0.1) is 22.4 Å². The fraction of sp³-hybridized carbons (Fsp3) is 0.222. The van der Waals surface area contributed by atoms with Crippen molar-refractivity contribution in [3.63, 3.8) is 0 Å². The minimum Gasteiger partial charge on any atom is -0.334 e. The Bertz CT molecular complexity index is 516. The van der Waals surface area contributed by atoms with Crippen molar-refractivity contribution in [3.05, 3.63) is 29.0 Å². The third-order valence-corrected chi connectivity index (χ3v) is 2.40. The van der Waals surface area contributed by atoms with E-state index >= 15 is 0 Å². The topological polar surface area (TPSA) is 17.8 Å². The zero-order valence-corrected chi connectivity index (χ0v) is 8.39. The Morgan fingerprint density at radius 3 is 2.60 bits per heavy atom. The monoisotopic (exact) mass is 234 g/mol. The van der Waals surface area contributed by atoms with Crippen LogP contribution < -0.4 is 0 Å². The number of aryl methyl sites for hydroxylation is 1. The molecule has 2 nitrogen and oxygen atoms in total. The first-order valence-electron chi connectivity index (χ1n) is 4.07. The second-order valence-electron chi connectivity index (χ2n) is 3.18. The van der Waals surface area contributed by atoms with Gasteiger partial charge in [-0.1, -0.05) is 11.6 Å². The summed E-state index contributed by atoms with van der Waals surface area (Å²) in [5.41, 5.74) is -0.00871. The van der Waals surface area contributed by atoms with Gasteiger partial charge in [-0.05, 0) is 12.1 Å². The molecule has 2 aromatic rings. The molecule has 15 heavy (non-hydrogen) atoms. The second kappa shape index (κ2) is 3.13. The maximum Gasteiger partial charge on any atom is 0.416 e. The van der Waals surface area contributed by atoms with Gasteiger partial charge < -0.3 is 4.57 Å². The largest absolute Gasteiger partial charge is 0.416 e. The highest BCUT2D eigenvalue weighted by atomic mass is 35.5. The van der Waals surface area contributed by atoms with Crippen LogP contribution in [0.5, 0.6) is 0 Å². The van der Waals surface area contributed by atoms with Gasteiger partial charge in [-0.2, -0.15) is 13.2 Å². The van der Waals surface area contributed by atoms with Crippen LogP contribution in [0.15, 0.2) is 18.5 Å². The number of alkyl halides is 3. The SMILES string of the molecule is Cn1cnc2c(Cl)cc(C(F)(F)F)cc21. The van der Waals surface area contributed by atoms with E-state index in [1.165, 1.54) is 10.9 Å². The van der Waals surface area contributed by atoms with Crippen molar-refractivity contribution in [2.75, 3.05) is 0 Å². The van der Waals surface area contributed by atoms with Crippen molar-refractivity contribution in [1.82, 2.24) is 9.55 Å². The molecular formula is C9H6ClF3N2. The molecule has 1 aromatic heterocycles. The zero-order valence-electron chi connectivity index (χ0n) is 7.64. The van der Waals surface area contributed by atoms with E-state index in [0.717, 1.165) is 12.1 Å². The average molecular weight is 235 g/mol. The van der Waals surface area contributed by atoms with E-state index in [1.54, 1.807) is 7.05 Å². The molecule has 0 N–H and O–H groups in total. The van der Waals surface area contributed by atoms with Crippen LogP contribution in [-0.4, -0.2) is 9.55 Å². The maximum atomic E-state index is 12.4. The van der Waals surface area contributed by atoms with E-state index in [0.29, 0.717) is 11.0 Å². The second-order valence-corrected chi connectivity index (χ2v) is 3.59. The number of imidazole rings is 1. The quantitative estimate of drug-likeness (QED) is 0.684. The molecular weight excluding hydrogens is 229 g/mol. The van der Waals surface area contributed by atoms with E-state index in [2.05, 4.69) is 4.98 Å². The van der Waals surface area contributed by atoms with Crippen LogP contribution in [0.1, 0.15) is 5.56 Å². The average Bonchev–Trinajstić information content (AvgIpc) is 2.47. The van der Waals surface area contributed by atoms with E-state index in [-0.39, 0.29) is 5.02 Å². The lowest BCUT2D eigenvalue weighted by Gasteiger charge is -2.07. The van der Waals surface area contributed by atoms with Crippen LogP contribution in [0.4, 0.5) is 13.2 Å². The molecule has 6 heteroatoms. The van der Waals surface area contributed by atoms with Gasteiger partial charge in [0.15, 0.2) is 0 Å². The Hall–Kier alpha value is -1.23. The van der Waals surface area contributed by atoms with E-state index < -0.39 is 11.7 Å². The fourth-order valence-corrected chi connectivity index (χ4v) is 1.61. The fourth-order valence-electron chi connectivity index (χ4n) is 1.35. The summed E-state index contributed by atoms with van der Waals surface area (Å²) >= 11 is 5.71. The molecule has 0 saturated carbocycles. The Labute approximate surface area is 88.3 Å². The summed E-state index contributed by atoms with van der Waals surface area (Å²) in [6.45, 7) is 0. The van der Waals surface area contributed by atoms with Crippen molar-refractivity contribution in [2.24, 2.45) is 7.05 Å². The van der Waals surface area contributed by atoms with Gasteiger partial charge in [0, 0.05) is 7.05 Å². The van der Waals surface area contributed by atoms with Crippen LogP contribution in [-0.2, 0) is 13.2 Å². The highest BCUT2D eigenvalue weighted by molar-refractivity contribution is 6.35. The van der Waals surface area contributed by atoms with E-state index in [1.807, 2.05) is 0 Å². The van der Waals surface area contributed by atoms with Crippen LogP contribution in [0.25, 0.3) is 11.0 Å².